The average Bonchev–Trinajstić information content (AvgIpc) is 2.28. The maximum atomic E-state index is 11.5. The van der Waals surface area contributed by atoms with Crippen LogP contribution in [0, 0.1) is 0 Å². The summed E-state index contributed by atoms with van der Waals surface area (Å²) in [4.78, 5) is 11.5. The van der Waals surface area contributed by atoms with Gasteiger partial charge in [-0.3, -0.25) is 8.98 Å². The van der Waals surface area contributed by atoms with Gasteiger partial charge in [-0.2, -0.15) is 8.42 Å². The van der Waals surface area contributed by atoms with Gasteiger partial charge in [-0.1, -0.05) is 12.1 Å². The second-order valence-electron chi connectivity index (χ2n) is 3.93. The second kappa shape index (κ2) is 5.97. The highest BCUT2D eigenvalue weighted by atomic mass is 32.2. The molecule has 0 saturated heterocycles. The number of ether oxygens (including phenoxy) is 1. The molecule has 0 aliphatic rings. The van der Waals surface area contributed by atoms with Crippen LogP contribution in [-0.2, 0) is 19.1 Å². The molecule has 6 heteroatoms. The Morgan fingerprint density at radius 2 is 1.83 bits per heavy atom. The molecule has 0 aromatic heterocycles. The predicted octanol–water partition coefficient (Wildman–Crippen LogP) is 1.34. The molecule has 1 aromatic rings. The fourth-order valence-corrected chi connectivity index (χ4v) is 1.86. The third-order valence-corrected chi connectivity index (χ3v) is 3.02. The van der Waals surface area contributed by atoms with Crippen LogP contribution in [0.15, 0.2) is 24.3 Å². The number of Topliss-reactive ketones (excluding diaryl/α,β-unsaturated/α-hetero) is 1. The van der Waals surface area contributed by atoms with Crippen LogP contribution in [-0.4, -0.2) is 34.2 Å². The summed E-state index contributed by atoms with van der Waals surface area (Å²) in [6.07, 6.45) is 0.957. The number of hydrogen-bond acceptors (Lipinski definition) is 5. The number of ketones is 1. The van der Waals surface area contributed by atoms with Crippen molar-refractivity contribution in [1.29, 1.82) is 0 Å². The lowest BCUT2D eigenvalue weighted by atomic mass is 9.96. The minimum Gasteiger partial charge on any atom is -0.497 e. The molecule has 18 heavy (non-hydrogen) atoms. The number of hydrogen-bond donors (Lipinski definition) is 0. The first-order valence-electron chi connectivity index (χ1n) is 5.32. The third kappa shape index (κ3) is 4.46. The maximum Gasteiger partial charge on any atom is 0.264 e. The van der Waals surface area contributed by atoms with Crippen molar-refractivity contribution >= 4 is 15.9 Å². The third-order valence-electron chi connectivity index (χ3n) is 2.46. The Kier molecular flexibility index (Phi) is 4.86. The molecule has 0 aliphatic carbocycles. The van der Waals surface area contributed by atoms with E-state index in [0.29, 0.717) is 11.3 Å². The van der Waals surface area contributed by atoms with Crippen LogP contribution in [0.4, 0.5) is 0 Å². The van der Waals surface area contributed by atoms with Crippen LogP contribution in [0.25, 0.3) is 0 Å². The van der Waals surface area contributed by atoms with E-state index in [0.717, 1.165) is 6.26 Å². The van der Waals surface area contributed by atoms with Crippen LogP contribution in [0.2, 0.25) is 0 Å². The number of rotatable bonds is 6. The van der Waals surface area contributed by atoms with Crippen LogP contribution in [0.5, 0.6) is 5.75 Å². The number of methoxy groups -OCH3 is 1. The first-order valence-corrected chi connectivity index (χ1v) is 7.14. The highest BCUT2D eigenvalue weighted by Crippen LogP contribution is 2.21. The Balaban J connectivity index is 2.87. The van der Waals surface area contributed by atoms with Gasteiger partial charge >= 0.3 is 0 Å². The smallest absolute Gasteiger partial charge is 0.264 e. The molecular formula is C12H16O5S. The Hall–Kier alpha value is -1.40. The van der Waals surface area contributed by atoms with E-state index in [-0.39, 0.29) is 12.4 Å². The summed E-state index contributed by atoms with van der Waals surface area (Å²) in [6, 6.07) is 6.87. The monoisotopic (exact) mass is 272 g/mol. The molecular weight excluding hydrogens is 256 g/mol. The summed E-state index contributed by atoms with van der Waals surface area (Å²) in [7, 11) is -2.00. The van der Waals surface area contributed by atoms with E-state index in [4.69, 9.17) is 4.74 Å². The van der Waals surface area contributed by atoms with Crippen LogP contribution in [0.3, 0.4) is 0 Å². The summed E-state index contributed by atoms with van der Waals surface area (Å²) in [5.41, 5.74) is 0.701. The van der Waals surface area contributed by atoms with E-state index >= 15 is 0 Å². The SMILES string of the molecule is COc1ccc(C(COS(C)(=O)=O)C(C)=O)cc1. The predicted molar refractivity (Wildman–Crippen MR) is 67.2 cm³/mol. The molecule has 100 valence electrons. The maximum absolute atomic E-state index is 11.5. The first kappa shape index (κ1) is 14.7. The molecule has 0 spiro atoms. The van der Waals surface area contributed by atoms with E-state index in [9.17, 15) is 13.2 Å². The quantitative estimate of drug-likeness (QED) is 0.731. The van der Waals surface area contributed by atoms with Gasteiger partial charge in [0.25, 0.3) is 10.1 Å². The van der Waals surface area contributed by atoms with Gasteiger partial charge in [0.15, 0.2) is 0 Å². The van der Waals surface area contributed by atoms with Gasteiger partial charge in [-0.05, 0) is 24.6 Å². The highest BCUT2D eigenvalue weighted by Gasteiger charge is 2.19. The van der Waals surface area contributed by atoms with Gasteiger partial charge in [0.1, 0.15) is 11.5 Å². The van der Waals surface area contributed by atoms with Crippen molar-refractivity contribution in [2.24, 2.45) is 0 Å². The minimum absolute atomic E-state index is 0.149. The van der Waals surface area contributed by atoms with Crippen LogP contribution in [0.1, 0.15) is 18.4 Å². The van der Waals surface area contributed by atoms with Crippen molar-refractivity contribution in [3.63, 3.8) is 0 Å². The van der Waals surface area contributed by atoms with Crippen molar-refractivity contribution in [3.05, 3.63) is 29.8 Å². The van der Waals surface area contributed by atoms with E-state index in [1.165, 1.54) is 6.92 Å². The van der Waals surface area contributed by atoms with E-state index in [2.05, 4.69) is 4.18 Å². The minimum atomic E-state index is -3.55. The van der Waals surface area contributed by atoms with Crippen LogP contribution < -0.4 is 4.74 Å². The van der Waals surface area contributed by atoms with Gasteiger partial charge in [-0.15, -0.1) is 0 Å². The molecule has 1 aromatic carbocycles. The molecule has 0 N–H and O–H groups in total. The second-order valence-corrected chi connectivity index (χ2v) is 5.57. The van der Waals surface area contributed by atoms with Gasteiger partial charge in [0.05, 0.1) is 25.9 Å². The molecule has 1 rings (SSSR count). The van der Waals surface area contributed by atoms with Gasteiger partial charge in [0, 0.05) is 0 Å². The Bertz CT molecular complexity index is 504. The topological polar surface area (TPSA) is 69.7 Å². The lowest BCUT2D eigenvalue weighted by Crippen LogP contribution is -2.18. The Morgan fingerprint density at radius 1 is 1.28 bits per heavy atom. The standard InChI is InChI=1S/C12H16O5S/c1-9(13)12(8-17-18(3,14)15)10-4-6-11(16-2)7-5-10/h4-7,12H,8H2,1-3H3. The zero-order valence-electron chi connectivity index (χ0n) is 10.5. The molecule has 1 atom stereocenters. The summed E-state index contributed by atoms with van der Waals surface area (Å²) in [5, 5.41) is 0. The molecule has 5 nitrogen and oxygen atoms in total. The normalized spacial score (nSPS) is 13.1. The van der Waals surface area contributed by atoms with Gasteiger partial charge in [-0.25, -0.2) is 0 Å². The summed E-state index contributed by atoms with van der Waals surface area (Å²) < 4.78 is 31.6. The molecule has 1 unspecified atom stereocenters. The van der Waals surface area contributed by atoms with E-state index in [1.54, 1.807) is 31.4 Å². The number of carbonyl (C=O) groups is 1. The molecule has 0 radical (unpaired) electrons. The van der Waals surface area contributed by atoms with Crippen molar-refractivity contribution in [2.75, 3.05) is 20.0 Å². The first-order chi connectivity index (χ1) is 8.33. The largest absolute Gasteiger partial charge is 0.497 e. The molecule has 0 aliphatic heterocycles. The Morgan fingerprint density at radius 3 is 2.22 bits per heavy atom. The fourth-order valence-electron chi connectivity index (χ4n) is 1.48. The summed E-state index contributed by atoms with van der Waals surface area (Å²) in [6.45, 7) is 1.22. The Labute approximate surface area is 107 Å². The molecule has 0 fully saturated rings. The van der Waals surface area contributed by atoms with E-state index < -0.39 is 16.0 Å². The summed E-state index contributed by atoms with van der Waals surface area (Å²) >= 11 is 0. The average molecular weight is 272 g/mol. The van der Waals surface area contributed by atoms with Crippen molar-refractivity contribution < 1.29 is 22.1 Å². The van der Waals surface area contributed by atoms with Crippen molar-refractivity contribution in [3.8, 4) is 5.75 Å². The fraction of sp³-hybridized carbons (Fsp3) is 0.417. The molecule has 0 bridgehead atoms. The summed E-state index contributed by atoms with van der Waals surface area (Å²) in [5.74, 6) is -0.0699. The highest BCUT2D eigenvalue weighted by molar-refractivity contribution is 7.85. The number of carbonyl (C=O) groups excluding carboxylic acids is 1. The zero-order chi connectivity index (χ0) is 13.8. The molecule has 0 heterocycles. The van der Waals surface area contributed by atoms with E-state index in [1.807, 2.05) is 0 Å². The lowest BCUT2D eigenvalue weighted by Gasteiger charge is -2.14. The van der Waals surface area contributed by atoms with Crippen LogP contribution >= 0.6 is 0 Å². The lowest BCUT2D eigenvalue weighted by molar-refractivity contribution is -0.119. The number of benzene rings is 1. The van der Waals surface area contributed by atoms with Gasteiger partial charge < -0.3 is 4.74 Å². The molecule has 0 amide bonds. The molecule has 0 saturated carbocycles. The zero-order valence-corrected chi connectivity index (χ0v) is 11.4. The van der Waals surface area contributed by atoms with Crippen molar-refractivity contribution in [1.82, 2.24) is 0 Å². The van der Waals surface area contributed by atoms with Gasteiger partial charge in [0.2, 0.25) is 0 Å². The van der Waals surface area contributed by atoms with Crippen molar-refractivity contribution in [2.45, 2.75) is 12.8 Å².